The van der Waals surface area contributed by atoms with Crippen LogP contribution in [0, 0.1) is 5.92 Å². The van der Waals surface area contributed by atoms with Crippen molar-refractivity contribution in [3.05, 3.63) is 53.9 Å². The standard InChI is InChI=1S/C23H35N5/c1-4-20-18-28(15-13-22(20)21-11-7-6-8-12-21)23(24-5-2)25-14-9-10-19-16-26-27(3)17-19/h6-8,11-12,16-17,20,22H,4-5,9-10,13-15,18H2,1-3H3,(H,24,25). The monoisotopic (exact) mass is 381 g/mol. The quantitative estimate of drug-likeness (QED) is 0.450. The molecule has 1 aliphatic rings. The van der Waals surface area contributed by atoms with Crippen LogP contribution in [0.1, 0.15) is 50.2 Å². The van der Waals surface area contributed by atoms with Gasteiger partial charge in [-0.3, -0.25) is 9.67 Å². The van der Waals surface area contributed by atoms with E-state index in [4.69, 9.17) is 4.99 Å². The molecule has 1 aromatic carbocycles. The zero-order valence-electron chi connectivity index (χ0n) is 17.6. The molecule has 0 saturated carbocycles. The summed E-state index contributed by atoms with van der Waals surface area (Å²) in [5.74, 6) is 2.42. The Labute approximate surface area is 169 Å². The molecule has 2 atom stereocenters. The Bertz CT molecular complexity index is 736. The molecule has 28 heavy (non-hydrogen) atoms. The molecule has 1 fully saturated rings. The second-order valence-electron chi connectivity index (χ2n) is 7.78. The van der Waals surface area contributed by atoms with Gasteiger partial charge >= 0.3 is 0 Å². The summed E-state index contributed by atoms with van der Waals surface area (Å²) in [6.45, 7) is 8.40. The highest BCUT2D eigenvalue weighted by molar-refractivity contribution is 5.80. The SMILES string of the molecule is CCNC(=NCCCc1cnn(C)c1)N1CCC(c2ccccc2)C(CC)C1. The minimum absolute atomic E-state index is 0.663. The molecule has 1 aliphatic heterocycles. The number of hydrogen-bond donors (Lipinski definition) is 1. The van der Waals surface area contributed by atoms with Crippen LogP contribution in [-0.2, 0) is 13.5 Å². The largest absolute Gasteiger partial charge is 0.357 e. The number of rotatable bonds is 7. The van der Waals surface area contributed by atoms with Crippen molar-refractivity contribution in [1.29, 1.82) is 0 Å². The molecule has 2 heterocycles. The lowest BCUT2D eigenvalue weighted by Crippen LogP contribution is -2.48. The number of benzene rings is 1. The summed E-state index contributed by atoms with van der Waals surface area (Å²) in [7, 11) is 1.97. The minimum atomic E-state index is 0.663. The first-order chi connectivity index (χ1) is 13.7. The lowest BCUT2D eigenvalue weighted by molar-refractivity contribution is 0.215. The summed E-state index contributed by atoms with van der Waals surface area (Å²) < 4.78 is 1.87. The Morgan fingerprint density at radius 1 is 1.25 bits per heavy atom. The second-order valence-corrected chi connectivity index (χ2v) is 7.78. The highest BCUT2D eigenvalue weighted by Gasteiger charge is 2.30. The van der Waals surface area contributed by atoms with Crippen LogP contribution < -0.4 is 5.32 Å². The van der Waals surface area contributed by atoms with Crippen LogP contribution in [0.15, 0.2) is 47.7 Å². The molecule has 1 N–H and O–H groups in total. The van der Waals surface area contributed by atoms with Gasteiger partial charge in [-0.25, -0.2) is 0 Å². The van der Waals surface area contributed by atoms with Gasteiger partial charge in [0, 0.05) is 39.4 Å². The molecule has 1 saturated heterocycles. The molecule has 3 rings (SSSR count). The molecule has 0 bridgehead atoms. The molecule has 152 valence electrons. The van der Waals surface area contributed by atoms with E-state index in [0.717, 1.165) is 45.0 Å². The van der Waals surface area contributed by atoms with E-state index in [9.17, 15) is 0 Å². The Morgan fingerprint density at radius 2 is 2.07 bits per heavy atom. The Hall–Kier alpha value is -2.30. The molecular formula is C23H35N5. The normalized spacial score (nSPS) is 20.4. The van der Waals surface area contributed by atoms with Crippen LogP contribution in [-0.4, -0.2) is 46.8 Å². The molecular weight excluding hydrogens is 346 g/mol. The smallest absolute Gasteiger partial charge is 0.193 e. The van der Waals surface area contributed by atoms with Crippen molar-refractivity contribution in [3.63, 3.8) is 0 Å². The van der Waals surface area contributed by atoms with Gasteiger partial charge in [0.15, 0.2) is 5.96 Å². The molecule has 0 spiro atoms. The van der Waals surface area contributed by atoms with Gasteiger partial charge in [-0.05, 0) is 49.1 Å². The van der Waals surface area contributed by atoms with E-state index in [1.807, 2.05) is 17.9 Å². The predicted octanol–water partition coefficient (Wildman–Crippen LogP) is 3.83. The van der Waals surface area contributed by atoms with Gasteiger partial charge in [-0.2, -0.15) is 5.10 Å². The lowest BCUT2D eigenvalue weighted by atomic mass is 9.79. The summed E-state index contributed by atoms with van der Waals surface area (Å²) in [4.78, 5) is 7.40. The first-order valence-corrected chi connectivity index (χ1v) is 10.8. The van der Waals surface area contributed by atoms with Crippen molar-refractivity contribution >= 4 is 5.96 Å². The van der Waals surface area contributed by atoms with Crippen molar-refractivity contribution in [3.8, 4) is 0 Å². The first kappa shape index (κ1) is 20.4. The van der Waals surface area contributed by atoms with E-state index in [-0.39, 0.29) is 0 Å². The number of hydrogen-bond acceptors (Lipinski definition) is 2. The van der Waals surface area contributed by atoms with Crippen LogP contribution in [0.25, 0.3) is 0 Å². The number of nitrogens with zero attached hydrogens (tertiary/aromatic N) is 4. The van der Waals surface area contributed by atoms with Crippen LogP contribution in [0.3, 0.4) is 0 Å². The van der Waals surface area contributed by atoms with Crippen molar-refractivity contribution in [2.75, 3.05) is 26.2 Å². The van der Waals surface area contributed by atoms with Gasteiger partial charge in [0.05, 0.1) is 6.20 Å². The average molecular weight is 382 g/mol. The van der Waals surface area contributed by atoms with Crippen LogP contribution in [0.2, 0.25) is 0 Å². The first-order valence-electron chi connectivity index (χ1n) is 10.8. The van der Waals surface area contributed by atoms with Crippen LogP contribution in [0.5, 0.6) is 0 Å². The fourth-order valence-electron chi connectivity index (χ4n) is 4.27. The maximum Gasteiger partial charge on any atom is 0.193 e. The van der Waals surface area contributed by atoms with Crippen molar-refractivity contribution in [2.45, 2.75) is 45.4 Å². The van der Waals surface area contributed by atoms with Gasteiger partial charge in [0.25, 0.3) is 0 Å². The average Bonchev–Trinajstić information content (AvgIpc) is 3.15. The Balaban J connectivity index is 1.58. The van der Waals surface area contributed by atoms with Gasteiger partial charge in [-0.15, -0.1) is 0 Å². The van der Waals surface area contributed by atoms with E-state index in [1.54, 1.807) is 0 Å². The molecule has 2 unspecified atom stereocenters. The predicted molar refractivity (Wildman–Crippen MR) is 117 cm³/mol. The highest BCUT2D eigenvalue weighted by Crippen LogP contribution is 2.34. The van der Waals surface area contributed by atoms with E-state index in [2.05, 4.69) is 65.7 Å². The molecule has 5 nitrogen and oxygen atoms in total. The van der Waals surface area contributed by atoms with E-state index in [1.165, 1.54) is 24.0 Å². The summed E-state index contributed by atoms with van der Waals surface area (Å²) in [5, 5.41) is 7.76. The molecule has 0 amide bonds. The number of aliphatic imine (C=N–C) groups is 1. The van der Waals surface area contributed by atoms with Crippen LogP contribution >= 0.6 is 0 Å². The number of aryl methyl sites for hydroxylation is 2. The molecule has 2 aromatic rings. The zero-order valence-corrected chi connectivity index (χ0v) is 17.6. The summed E-state index contributed by atoms with van der Waals surface area (Å²) in [5.41, 5.74) is 2.78. The minimum Gasteiger partial charge on any atom is -0.357 e. The zero-order chi connectivity index (χ0) is 19.8. The maximum absolute atomic E-state index is 4.93. The fourth-order valence-corrected chi connectivity index (χ4v) is 4.27. The molecule has 1 aromatic heterocycles. The molecule has 0 aliphatic carbocycles. The topological polar surface area (TPSA) is 45.5 Å². The Morgan fingerprint density at radius 3 is 2.75 bits per heavy atom. The van der Waals surface area contributed by atoms with Crippen molar-refractivity contribution < 1.29 is 0 Å². The number of likely N-dealkylation sites (tertiary alicyclic amines) is 1. The van der Waals surface area contributed by atoms with Crippen molar-refractivity contribution in [2.24, 2.45) is 18.0 Å². The third kappa shape index (κ3) is 5.37. The van der Waals surface area contributed by atoms with Crippen LogP contribution in [0.4, 0.5) is 0 Å². The van der Waals surface area contributed by atoms with Gasteiger partial charge in [0.1, 0.15) is 0 Å². The number of aromatic nitrogens is 2. The van der Waals surface area contributed by atoms with Crippen molar-refractivity contribution in [1.82, 2.24) is 20.0 Å². The van der Waals surface area contributed by atoms with Gasteiger partial charge < -0.3 is 10.2 Å². The third-order valence-electron chi connectivity index (χ3n) is 5.76. The second kappa shape index (κ2) is 10.3. The summed E-state index contributed by atoms with van der Waals surface area (Å²) in [6.07, 6.45) is 8.53. The third-order valence-corrected chi connectivity index (χ3v) is 5.76. The number of piperidine rings is 1. The van der Waals surface area contributed by atoms with Gasteiger partial charge in [0.2, 0.25) is 0 Å². The summed E-state index contributed by atoms with van der Waals surface area (Å²) >= 11 is 0. The van der Waals surface area contributed by atoms with E-state index < -0.39 is 0 Å². The highest BCUT2D eigenvalue weighted by atomic mass is 15.3. The Kier molecular flexibility index (Phi) is 7.52. The molecule has 0 radical (unpaired) electrons. The van der Waals surface area contributed by atoms with E-state index in [0.29, 0.717) is 11.8 Å². The maximum atomic E-state index is 4.93. The molecule has 5 heteroatoms. The van der Waals surface area contributed by atoms with E-state index >= 15 is 0 Å². The number of guanidine groups is 1. The number of nitrogens with one attached hydrogen (secondary N) is 1. The van der Waals surface area contributed by atoms with Gasteiger partial charge in [-0.1, -0.05) is 43.7 Å². The lowest BCUT2D eigenvalue weighted by Gasteiger charge is -2.40. The summed E-state index contributed by atoms with van der Waals surface area (Å²) in [6, 6.07) is 11.0. The fraction of sp³-hybridized carbons (Fsp3) is 0.565.